The molecular weight excluding hydrogens is 132 g/mol. The van der Waals surface area contributed by atoms with Crippen LogP contribution in [0, 0.1) is 11.8 Å². The minimum atomic E-state index is -0.130. The number of thiol groups is 1. The molecule has 0 saturated heterocycles. The molecule has 0 aromatic heterocycles. The smallest absolute Gasteiger partial charge is 0.104 e. The molecule has 48 valence electrons. The van der Waals surface area contributed by atoms with Gasteiger partial charge in [0.05, 0.1) is 4.91 Å². The van der Waals surface area contributed by atoms with Gasteiger partial charge in [-0.25, -0.2) is 0 Å². The van der Waals surface area contributed by atoms with Gasteiger partial charge in [-0.05, 0) is 6.08 Å². The Bertz CT molecular complexity index is 171. The summed E-state index contributed by atoms with van der Waals surface area (Å²) >= 11 is 3.95. The van der Waals surface area contributed by atoms with Crippen LogP contribution in [0.15, 0.2) is 23.6 Å². The number of rotatable bonds is 1. The summed E-state index contributed by atoms with van der Waals surface area (Å²) in [5.41, 5.74) is 0. The van der Waals surface area contributed by atoms with E-state index in [2.05, 4.69) is 31.0 Å². The largest absolute Gasteiger partial charge is 0.384 e. The van der Waals surface area contributed by atoms with Crippen LogP contribution >= 0.6 is 12.6 Å². The average Bonchev–Trinajstić information content (AvgIpc) is 1.85. The molecule has 1 nitrogen and oxygen atoms in total. The van der Waals surface area contributed by atoms with E-state index in [4.69, 9.17) is 5.11 Å². The molecule has 0 fully saturated rings. The zero-order chi connectivity index (χ0) is 7.11. The highest BCUT2D eigenvalue weighted by atomic mass is 32.1. The van der Waals surface area contributed by atoms with Crippen molar-refractivity contribution in [3.8, 4) is 11.8 Å². The molecule has 0 spiro atoms. The summed E-state index contributed by atoms with van der Waals surface area (Å²) in [4.78, 5) is 0.610. The van der Waals surface area contributed by atoms with Crippen molar-refractivity contribution in [2.24, 2.45) is 0 Å². The van der Waals surface area contributed by atoms with Crippen LogP contribution in [0.2, 0.25) is 0 Å². The maximum Gasteiger partial charge on any atom is 0.104 e. The molecular formula is C7H8OS. The minimum Gasteiger partial charge on any atom is -0.384 e. The minimum absolute atomic E-state index is 0.130. The topological polar surface area (TPSA) is 20.2 Å². The van der Waals surface area contributed by atoms with Gasteiger partial charge in [-0.3, -0.25) is 0 Å². The summed E-state index contributed by atoms with van der Waals surface area (Å²) in [5, 5.41) is 8.22. The molecule has 0 amide bonds. The highest BCUT2D eigenvalue weighted by Gasteiger charge is 1.74. The highest BCUT2D eigenvalue weighted by Crippen LogP contribution is 1.95. The molecule has 1 N–H and O–H groups in total. The lowest BCUT2D eigenvalue weighted by Crippen LogP contribution is -1.71. The second-order valence-electron chi connectivity index (χ2n) is 1.25. The number of hydrogen-bond acceptors (Lipinski definition) is 2. The fraction of sp³-hybridized carbons (Fsp3) is 0.143. The highest BCUT2D eigenvalue weighted by molar-refractivity contribution is 7.84. The zero-order valence-electron chi connectivity index (χ0n) is 4.96. The van der Waals surface area contributed by atoms with E-state index in [0.29, 0.717) is 4.91 Å². The second kappa shape index (κ2) is 5.49. The molecule has 0 unspecified atom stereocenters. The summed E-state index contributed by atoms with van der Waals surface area (Å²) in [5.74, 6) is 5.03. The van der Waals surface area contributed by atoms with E-state index in [1.165, 1.54) is 0 Å². The molecule has 0 aliphatic heterocycles. The lowest BCUT2D eigenvalue weighted by atomic mass is 10.4. The van der Waals surface area contributed by atoms with Gasteiger partial charge in [-0.1, -0.05) is 24.5 Å². The Balaban J connectivity index is 3.88. The van der Waals surface area contributed by atoms with Gasteiger partial charge < -0.3 is 5.11 Å². The fourth-order valence-corrected chi connectivity index (χ4v) is 0.468. The molecule has 0 bridgehead atoms. The number of hydrogen-bond donors (Lipinski definition) is 2. The third kappa shape index (κ3) is 5.22. The Kier molecular flexibility index (Phi) is 5.09. The Hall–Kier alpha value is -0.650. The second-order valence-corrected chi connectivity index (χ2v) is 1.73. The molecule has 0 aliphatic carbocycles. The molecule has 0 atom stereocenters. The monoisotopic (exact) mass is 140 g/mol. The number of aliphatic hydroxyl groups is 1. The van der Waals surface area contributed by atoms with Crippen molar-refractivity contribution in [1.82, 2.24) is 0 Å². The van der Waals surface area contributed by atoms with Crippen molar-refractivity contribution in [2.75, 3.05) is 6.61 Å². The average molecular weight is 140 g/mol. The van der Waals surface area contributed by atoms with Crippen molar-refractivity contribution in [1.29, 1.82) is 0 Å². The van der Waals surface area contributed by atoms with Gasteiger partial charge in [-0.15, -0.1) is 12.6 Å². The van der Waals surface area contributed by atoms with Crippen molar-refractivity contribution in [3.05, 3.63) is 23.6 Å². The van der Waals surface area contributed by atoms with Gasteiger partial charge >= 0.3 is 0 Å². The first-order valence-electron chi connectivity index (χ1n) is 2.42. The van der Waals surface area contributed by atoms with Crippen molar-refractivity contribution < 1.29 is 5.11 Å². The molecule has 0 aliphatic rings. The number of aliphatic hydroxyl groups excluding tert-OH is 1. The Labute approximate surface area is 60.5 Å². The van der Waals surface area contributed by atoms with Gasteiger partial charge in [0.25, 0.3) is 0 Å². The molecule has 9 heavy (non-hydrogen) atoms. The SMILES string of the molecule is C=CC=C(S)C#CCO. The van der Waals surface area contributed by atoms with Crippen LogP contribution in [-0.2, 0) is 0 Å². The van der Waals surface area contributed by atoms with E-state index < -0.39 is 0 Å². The van der Waals surface area contributed by atoms with Gasteiger partial charge in [-0.2, -0.15) is 0 Å². The van der Waals surface area contributed by atoms with E-state index in [9.17, 15) is 0 Å². The van der Waals surface area contributed by atoms with Crippen molar-refractivity contribution in [2.45, 2.75) is 0 Å². The summed E-state index contributed by atoms with van der Waals surface area (Å²) in [6.07, 6.45) is 3.25. The van der Waals surface area contributed by atoms with E-state index >= 15 is 0 Å². The molecule has 0 radical (unpaired) electrons. The van der Waals surface area contributed by atoms with Crippen molar-refractivity contribution in [3.63, 3.8) is 0 Å². The summed E-state index contributed by atoms with van der Waals surface area (Å²) in [7, 11) is 0. The van der Waals surface area contributed by atoms with Gasteiger partial charge in [0.2, 0.25) is 0 Å². The summed E-state index contributed by atoms with van der Waals surface area (Å²) in [6.45, 7) is 3.32. The molecule has 0 aromatic carbocycles. The zero-order valence-corrected chi connectivity index (χ0v) is 5.86. The van der Waals surface area contributed by atoms with E-state index in [1.54, 1.807) is 12.2 Å². The van der Waals surface area contributed by atoms with E-state index in [1.807, 2.05) is 0 Å². The first kappa shape index (κ1) is 8.35. The summed E-state index contributed by atoms with van der Waals surface area (Å²) in [6, 6.07) is 0. The Morgan fingerprint density at radius 3 is 2.89 bits per heavy atom. The first-order valence-corrected chi connectivity index (χ1v) is 2.87. The molecule has 0 heterocycles. The fourth-order valence-electron chi connectivity index (χ4n) is 0.283. The van der Waals surface area contributed by atoms with Crippen LogP contribution in [0.4, 0.5) is 0 Å². The third-order valence-corrected chi connectivity index (χ3v) is 0.832. The maximum absolute atomic E-state index is 8.22. The maximum atomic E-state index is 8.22. The lowest BCUT2D eigenvalue weighted by Gasteiger charge is -1.78. The standard InChI is InChI=1S/C7H8OS/c1-2-4-7(9)5-3-6-8/h2,4,8-9H,1,6H2. The normalized spacial score (nSPS) is 9.78. The molecule has 0 saturated carbocycles. The third-order valence-electron chi connectivity index (χ3n) is 0.571. The van der Waals surface area contributed by atoms with Crippen LogP contribution in [0.3, 0.4) is 0 Å². The van der Waals surface area contributed by atoms with Crippen molar-refractivity contribution >= 4 is 12.6 Å². The Morgan fingerprint density at radius 2 is 2.44 bits per heavy atom. The van der Waals surface area contributed by atoms with Crippen LogP contribution in [-0.4, -0.2) is 11.7 Å². The van der Waals surface area contributed by atoms with Crippen LogP contribution in [0.1, 0.15) is 0 Å². The first-order chi connectivity index (χ1) is 4.31. The van der Waals surface area contributed by atoms with E-state index in [-0.39, 0.29) is 6.61 Å². The lowest BCUT2D eigenvalue weighted by molar-refractivity contribution is 0.350. The van der Waals surface area contributed by atoms with Gasteiger partial charge in [0, 0.05) is 0 Å². The van der Waals surface area contributed by atoms with Gasteiger partial charge in [0.15, 0.2) is 0 Å². The molecule has 2 heteroatoms. The molecule has 0 aromatic rings. The predicted molar refractivity (Wildman–Crippen MR) is 42.1 cm³/mol. The van der Waals surface area contributed by atoms with Crippen LogP contribution in [0.25, 0.3) is 0 Å². The van der Waals surface area contributed by atoms with Gasteiger partial charge in [0.1, 0.15) is 6.61 Å². The quantitative estimate of drug-likeness (QED) is 0.316. The van der Waals surface area contributed by atoms with Crippen LogP contribution < -0.4 is 0 Å². The van der Waals surface area contributed by atoms with E-state index in [0.717, 1.165) is 0 Å². The Morgan fingerprint density at radius 1 is 1.78 bits per heavy atom. The summed E-state index contributed by atoms with van der Waals surface area (Å²) < 4.78 is 0. The van der Waals surface area contributed by atoms with Crippen LogP contribution in [0.5, 0.6) is 0 Å². The predicted octanol–water partition coefficient (Wildman–Crippen LogP) is 0.982. The number of allylic oxidation sites excluding steroid dienone is 3. The molecule has 0 rings (SSSR count).